The third kappa shape index (κ3) is 6.17. The number of ether oxygens (including phenoxy) is 2. The van der Waals surface area contributed by atoms with E-state index in [2.05, 4.69) is 15.4 Å². The Labute approximate surface area is 165 Å². The monoisotopic (exact) mass is 402 g/mol. The SMILES string of the molecule is Cc1cc(NC(=O)Nc2cccc(OC(F)(F)F)c2)ccc1Oc1ccccc1. The first-order chi connectivity index (χ1) is 13.8. The van der Waals surface area contributed by atoms with Crippen molar-refractivity contribution in [3.8, 4) is 17.2 Å². The summed E-state index contributed by atoms with van der Waals surface area (Å²) < 4.78 is 46.5. The van der Waals surface area contributed by atoms with Gasteiger partial charge in [0.05, 0.1) is 0 Å². The van der Waals surface area contributed by atoms with Crippen LogP contribution in [0.2, 0.25) is 0 Å². The summed E-state index contributed by atoms with van der Waals surface area (Å²) >= 11 is 0. The maximum absolute atomic E-state index is 12.3. The highest BCUT2D eigenvalue weighted by molar-refractivity contribution is 5.99. The van der Waals surface area contributed by atoms with Crippen LogP contribution in [0.25, 0.3) is 0 Å². The van der Waals surface area contributed by atoms with Gasteiger partial charge in [-0.3, -0.25) is 0 Å². The fourth-order valence-electron chi connectivity index (χ4n) is 2.52. The fraction of sp³-hybridized carbons (Fsp3) is 0.0952. The predicted molar refractivity (Wildman–Crippen MR) is 103 cm³/mol. The fourth-order valence-corrected chi connectivity index (χ4v) is 2.52. The molecule has 5 nitrogen and oxygen atoms in total. The number of hydrogen-bond donors (Lipinski definition) is 2. The second-order valence-electron chi connectivity index (χ2n) is 6.05. The van der Waals surface area contributed by atoms with Crippen LogP contribution < -0.4 is 20.1 Å². The number of nitrogens with one attached hydrogen (secondary N) is 2. The number of benzene rings is 3. The zero-order chi connectivity index (χ0) is 20.9. The molecule has 0 aliphatic rings. The molecule has 0 fully saturated rings. The Morgan fingerprint density at radius 2 is 1.48 bits per heavy atom. The van der Waals surface area contributed by atoms with Crippen LogP contribution in [0.4, 0.5) is 29.3 Å². The summed E-state index contributed by atoms with van der Waals surface area (Å²) in [7, 11) is 0. The molecule has 0 bridgehead atoms. The normalized spacial score (nSPS) is 10.9. The molecule has 0 unspecified atom stereocenters. The Morgan fingerprint density at radius 3 is 2.14 bits per heavy atom. The Kier molecular flexibility index (Phi) is 5.92. The third-order valence-corrected chi connectivity index (χ3v) is 3.73. The number of hydrogen-bond acceptors (Lipinski definition) is 3. The van der Waals surface area contributed by atoms with Gasteiger partial charge in [-0.15, -0.1) is 13.2 Å². The van der Waals surface area contributed by atoms with E-state index in [4.69, 9.17) is 4.74 Å². The summed E-state index contributed by atoms with van der Waals surface area (Å²) in [5, 5.41) is 5.08. The Hall–Kier alpha value is -3.68. The van der Waals surface area contributed by atoms with Gasteiger partial charge in [-0.2, -0.15) is 0 Å². The number of carbonyl (C=O) groups is 1. The van der Waals surface area contributed by atoms with Crippen molar-refractivity contribution in [1.82, 2.24) is 0 Å². The molecule has 2 N–H and O–H groups in total. The van der Waals surface area contributed by atoms with Gasteiger partial charge >= 0.3 is 12.4 Å². The number of amides is 2. The van der Waals surface area contributed by atoms with Gasteiger partial charge in [-0.1, -0.05) is 24.3 Å². The van der Waals surface area contributed by atoms with E-state index in [1.54, 1.807) is 18.2 Å². The van der Waals surface area contributed by atoms with Crippen LogP contribution in [0.15, 0.2) is 72.8 Å². The Morgan fingerprint density at radius 1 is 0.828 bits per heavy atom. The van der Waals surface area contributed by atoms with Crippen molar-refractivity contribution in [2.45, 2.75) is 13.3 Å². The van der Waals surface area contributed by atoms with E-state index in [1.165, 1.54) is 12.1 Å². The van der Waals surface area contributed by atoms with Crippen molar-refractivity contribution in [3.63, 3.8) is 0 Å². The smallest absolute Gasteiger partial charge is 0.457 e. The molecule has 8 heteroatoms. The average Bonchev–Trinajstić information content (AvgIpc) is 2.63. The molecule has 0 atom stereocenters. The summed E-state index contributed by atoms with van der Waals surface area (Å²) in [4.78, 5) is 12.1. The number of para-hydroxylation sites is 1. The number of aryl methyl sites for hydroxylation is 1. The van der Waals surface area contributed by atoms with Crippen LogP contribution in [-0.4, -0.2) is 12.4 Å². The number of alkyl halides is 3. The van der Waals surface area contributed by atoms with Crippen LogP contribution >= 0.6 is 0 Å². The largest absolute Gasteiger partial charge is 0.573 e. The van der Waals surface area contributed by atoms with E-state index in [0.29, 0.717) is 17.2 Å². The molecule has 29 heavy (non-hydrogen) atoms. The first-order valence-corrected chi connectivity index (χ1v) is 8.56. The minimum absolute atomic E-state index is 0.157. The maximum Gasteiger partial charge on any atom is 0.573 e. The van der Waals surface area contributed by atoms with E-state index in [0.717, 1.165) is 17.7 Å². The molecule has 0 heterocycles. The van der Waals surface area contributed by atoms with E-state index in [9.17, 15) is 18.0 Å². The molecule has 3 rings (SSSR count). The summed E-state index contributed by atoms with van der Waals surface area (Å²) in [6, 6.07) is 18.8. The molecule has 0 aromatic heterocycles. The molecular formula is C21H17F3N2O3. The number of anilines is 2. The maximum atomic E-state index is 12.3. The number of rotatable bonds is 5. The highest BCUT2D eigenvalue weighted by Crippen LogP contribution is 2.28. The number of halogens is 3. The van der Waals surface area contributed by atoms with Crippen LogP contribution in [0.1, 0.15) is 5.56 Å². The highest BCUT2D eigenvalue weighted by Gasteiger charge is 2.31. The van der Waals surface area contributed by atoms with Crippen molar-refractivity contribution in [2.75, 3.05) is 10.6 Å². The van der Waals surface area contributed by atoms with Crippen molar-refractivity contribution >= 4 is 17.4 Å². The standard InChI is InChI=1S/C21H17F3N2O3/c1-14-12-16(10-11-19(14)28-17-7-3-2-4-8-17)26-20(27)25-15-6-5-9-18(13-15)29-21(22,23)24/h2-13H,1H3,(H2,25,26,27). The minimum atomic E-state index is -4.80. The Balaban J connectivity index is 1.62. The minimum Gasteiger partial charge on any atom is -0.457 e. The summed E-state index contributed by atoms with van der Waals surface area (Å²) in [5.41, 5.74) is 1.46. The second-order valence-corrected chi connectivity index (χ2v) is 6.05. The zero-order valence-corrected chi connectivity index (χ0v) is 15.3. The van der Waals surface area contributed by atoms with Gasteiger partial charge in [0.15, 0.2) is 0 Å². The van der Waals surface area contributed by atoms with E-state index < -0.39 is 18.1 Å². The second kappa shape index (κ2) is 8.55. The van der Waals surface area contributed by atoms with Crippen LogP contribution in [0.3, 0.4) is 0 Å². The molecule has 0 saturated carbocycles. The van der Waals surface area contributed by atoms with Gasteiger partial charge in [0, 0.05) is 17.4 Å². The molecule has 150 valence electrons. The molecule has 0 radical (unpaired) electrons. The van der Waals surface area contributed by atoms with E-state index in [1.807, 2.05) is 37.3 Å². The molecule has 0 aliphatic carbocycles. The van der Waals surface area contributed by atoms with Crippen molar-refractivity contribution < 1.29 is 27.4 Å². The molecule has 3 aromatic rings. The third-order valence-electron chi connectivity index (χ3n) is 3.73. The van der Waals surface area contributed by atoms with Gasteiger partial charge in [-0.25, -0.2) is 4.79 Å². The first kappa shape index (κ1) is 20.1. The molecule has 3 aromatic carbocycles. The highest BCUT2D eigenvalue weighted by atomic mass is 19.4. The lowest BCUT2D eigenvalue weighted by Crippen LogP contribution is -2.20. The molecule has 2 amide bonds. The predicted octanol–water partition coefficient (Wildman–Crippen LogP) is 6.33. The van der Waals surface area contributed by atoms with Crippen LogP contribution in [-0.2, 0) is 0 Å². The average molecular weight is 402 g/mol. The van der Waals surface area contributed by atoms with E-state index in [-0.39, 0.29) is 5.69 Å². The van der Waals surface area contributed by atoms with Crippen molar-refractivity contribution in [1.29, 1.82) is 0 Å². The lowest BCUT2D eigenvalue weighted by molar-refractivity contribution is -0.274. The topological polar surface area (TPSA) is 59.6 Å². The molecule has 0 aliphatic heterocycles. The van der Waals surface area contributed by atoms with Crippen LogP contribution in [0.5, 0.6) is 17.2 Å². The summed E-state index contributed by atoms with van der Waals surface area (Å²) in [6.07, 6.45) is -4.80. The van der Waals surface area contributed by atoms with Gasteiger partial charge < -0.3 is 20.1 Å². The summed E-state index contributed by atoms with van der Waals surface area (Å²) in [6.45, 7) is 1.83. The zero-order valence-electron chi connectivity index (χ0n) is 15.3. The van der Waals surface area contributed by atoms with Gasteiger partial charge in [-0.05, 0) is 55.0 Å². The van der Waals surface area contributed by atoms with Gasteiger partial charge in [0.25, 0.3) is 0 Å². The van der Waals surface area contributed by atoms with Crippen molar-refractivity contribution in [3.05, 3.63) is 78.4 Å². The lowest BCUT2D eigenvalue weighted by Gasteiger charge is -2.13. The molecular weight excluding hydrogens is 385 g/mol. The van der Waals surface area contributed by atoms with E-state index >= 15 is 0 Å². The molecule has 0 spiro atoms. The summed E-state index contributed by atoms with van der Waals surface area (Å²) in [5.74, 6) is 0.905. The Bertz CT molecular complexity index is 992. The lowest BCUT2D eigenvalue weighted by atomic mass is 10.2. The quantitative estimate of drug-likeness (QED) is 0.524. The first-order valence-electron chi connectivity index (χ1n) is 8.56. The number of carbonyl (C=O) groups excluding carboxylic acids is 1. The molecule has 0 saturated heterocycles. The van der Waals surface area contributed by atoms with Gasteiger partial charge in [0.2, 0.25) is 0 Å². The van der Waals surface area contributed by atoms with Gasteiger partial charge in [0.1, 0.15) is 17.2 Å². The van der Waals surface area contributed by atoms with Crippen molar-refractivity contribution in [2.24, 2.45) is 0 Å². The van der Waals surface area contributed by atoms with Crippen LogP contribution in [0, 0.1) is 6.92 Å². The number of urea groups is 1.